The molecule has 0 radical (unpaired) electrons. The molecular formula is C32H32F3NO. The summed E-state index contributed by atoms with van der Waals surface area (Å²) in [5, 5.41) is 0. The van der Waals surface area contributed by atoms with Crippen LogP contribution in [0.2, 0.25) is 0 Å². The number of hydrogen-bond donors (Lipinski definition) is 0. The number of alkyl halides is 3. The molecule has 0 atom stereocenters. The lowest BCUT2D eigenvalue weighted by atomic mass is 9.97. The molecule has 5 heteroatoms. The van der Waals surface area contributed by atoms with Crippen molar-refractivity contribution in [2.75, 3.05) is 18.5 Å². The number of anilines is 1. The predicted octanol–water partition coefficient (Wildman–Crippen LogP) is 8.19. The van der Waals surface area contributed by atoms with Crippen molar-refractivity contribution in [1.82, 2.24) is 0 Å². The van der Waals surface area contributed by atoms with Crippen molar-refractivity contribution >= 4 is 11.5 Å². The highest BCUT2D eigenvalue weighted by molar-refractivity contribution is 5.97. The average Bonchev–Trinajstić information content (AvgIpc) is 3.65. The van der Waals surface area contributed by atoms with E-state index in [9.17, 15) is 18.0 Å². The Morgan fingerprint density at radius 3 is 2.46 bits per heavy atom. The van der Waals surface area contributed by atoms with Crippen LogP contribution in [-0.2, 0) is 12.6 Å². The van der Waals surface area contributed by atoms with Gasteiger partial charge in [-0.1, -0.05) is 67.3 Å². The zero-order valence-corrected chi connectivity index (χ0v) is 21.4. The predicted molar refractivity (Wildman–Crippen MR) is 144 cm³/mol. The van der Waals surface area contributed by atoms with Crippen molar-refractivity contribution in [3.8, 4) is 23.0 Å². The molecule has 3 aromatic rings. The van der Waals surface area contributed by atoms with Crippen LogP contribution in [-0.4, -0.2) is 19.4 Å². The van der Waals surface area contributed by atoms with E-state index in [-0.39, 0.29) is 11.3 Å². The van der Waals surface area contributed by atoms with E-state index in [1.807, 2.05) is 19.1 Å². The molecule has 0 N–H and O–H groups in total. The van der Waals surface area contributed by atoms with Gasteiger partial charge in [0.25, 0.3) is 0 Å². The normalized spacial score (nSPS) is 14.2. The fourth-order valence-electron chi connectivity index (χ4n) is 4.43. The Hall–Kier alpha value is -3.52. The van der Waals surface area contributed by atoms with Gasteiger partial charge in [-0.15, -0.1) is 0 Å². The van der Waals surface area contributed by atoms with Crippen LogP contribution in [0.5, 0.6) is 0 Å². The smallest absolute Gasteiger partial charge is 0.374 e. The van der Waals surface area contributed by atoms with Crippen molar-refractivity contribution in [2.45, 2.75) is 51.6 Å². The van der Waals surface area contributed by atoms with Gasteiger partial charge in [0.1, 0.15) is 0 Å². The van der Waals surface area contributed by atoms with Gasteiger partial charge < -0.3 is 4.90 Å². The van der Waals surface area contributed by atoms with Gasteiger partial charge in [0, 0.05) is 43.2 Å². The molecule has 2 aliphatic rings. The van der Waals surface area contributed by atoms with Crippen molar-refractivity contribution < 1.29 is 18.0 Å². The van der Waals surface area contributed by atoms with Crippen molar-refractivity contribution in [2.24, 2.45) is 5.92 Å². The highest BCUT2D eigenvalue weighted by atomic mass is 19.4. The van der Waals surface area contributed by atoms with E-state index in [4.69, 9.17) is 0 Å². The summed E-state index contributed by atoms with van der Waals surface area (Å²) in [6.45, 7) is 3.11. The Bertz CT molecular complexity index is 1300. The number of benzene rings is 3. The molecule has 0 unspecified atom stereocenters. The maximum atomic E-state index is 13.3. The first-order valence-electron chi connectivity index (χ1n) is 12.9. The van der Waals surface area contributed by atoms with Crippen molar-refractivity contribution in [1.29, 1.82) is 0 Å². The standard InChI is InChI=1S/C19H15F3.C13H17NO/c20-19(21,22)18-13-15(6-4-5-14-9-10-14)11-12-17(18)16-7-2-1-3-8-16;1-3-4-13(15)11-6-5-10-7-8-14(2)12(10)9-11/h1-3,7-8,11-14H,5,9-10H2;5-6,9H,3-4,7-8H2,1-2H3. The number of fused-ring (bicyclic) bond motifs is 1. The minimum Gasteiger partial charge on any atom is -0.374 e. The number of ketones is 1. The first-order chi connectivity index (χ1) is 17.8. The van der Waals surface area contributed by atoms with E-state index in [1.165, 1.54) is 30.2 Å². The molecule has 1 aliphatic heterocycles. The van der Waals surface area contributed by atoms with Crippen LogP contribution in [0.4, 0.5) is 18.9 Å². The Morgan fingerprint density at radius 2 is 1.78 bits per heavy atom. The third kappa shape index (κ3) is 7.04. The summed E-state index contributed by atoms with van der Waals surface area (Å²) >= 11 is 0. The summed E-state index contributed by atoms with van der Waals surface area (Å²) in [6.07, 6.45) is 1.45. The van der Waals surface area contributed by atoms with Gasteiger partial charge in [-0.05, 0) is 66.5 Å². The van der Waals surface area contributed by atoms with Crippen LogP contribution in [0.1, 0.15) is 66.1 Å². The second-order valence-corrected chi connectivity index (χ2v) is 9.76. The van der Waals surface area contributed by atoms with E-state index in [2.05, 4.69) is 29.9 Å². The molecule has 3 aromatic carbocycles. The largest absolute Gasteiger partial charge is 0.417 e. The highest BCUT2D eigenvalue weighted by Crippen LogP contribution is 2.37. The van der Waals surface area contributed by atoms with Crippen LogP contribution in [0.3, 0.4) is 0 Å². The molecular weight excluding hydrogens is 471 g/mol. The number of rotatable bonds is 5. The molecule has 1 fully saturated rings. The zero-order valence-electron chi connectivity index (χ0n) is 21.4. The summed E-state index contributed by atoms with van der Waals surface area (Å²) in [4.78, 5) is 14.0. The van der Waals surface area contributed by atoms with Gasteiger partial charge >= 0.3 is 6.18 Å². The summed E-state index contributed by atoms with van der Waals surface area (Å²) in [6, 6.07) is 19.1. The molecule has 1 aliphatic carbocycles. The van der Waals surface area contributed by atoms with E-state index in [0.29, 0.717) is 23.5 Å². The minimum atomic E-state index is -4.39. The van der Waals surface area contributed by atoms with Crippen LogP contribution in [0.15, 0.2) is 66.7 Å². The fourth-order valence-corrected chi connectivity index (χ4v) is 4.43. The fraction of sp³-hybridized carbons (Fsp3) is 0.344. The third-order valence-corrected chi connectivity index (χ3v) is 6.74. The monoisotopic (exact) mass is 503 g/mol. The molecule has 192 valence electrons. The van der Waals surface area contributed by atoms with Crippen molar-refractivity contribution in [3.63, 3.8) is 0 Å². The Labute approximate surface area is 217 Å². The maximum absolute atomic E-state index is 13.3. The number of carbonyl (C=O) groups is 1. The number of halogens is 3. The second kappa shape index (κ2) is 11.7. The first-order valence-corrected chi connectivity index (χ1v) is 12.9. The van der Waals surface area contributed by atoms with E-state index in [1.54, 1.807) is 36.4 Å². The van der Waals surface area contributed by atoms with Gasteiger partial charge in [0.15, 0.2) is 5.78 Å². The molecule has 0 amide bonds. The number of Topliss-reactive ketones (excluding diaryl/α,β-unsaturated/α-hetero) is 1. The van der Waals surface area contributed by atoms with Crippen molar-refractivity contribution in [3.05, 3.63) is 89.0 Å². The number of nitrogens with zero attached hydrogens (tertiary/aromatic N) is 1. The Morgan fingerprint density at radius 1 is 1.03 bits per heavy atom. The molecule has 0 spiro atoms. The third-order valence-electron chi connectivity index (χ3n) is 6.74. The lowest BCUT2D eigenvalue weighted by Gasteiger charge is -2.13. The Kier molecular flexibility index (Phi) is 8.38. The van der Waals surface area contributed by atoms with Crippen LogP contribution < -0.4 is 4.90 Å². The quantitative estimate of drug-likeness (QED) is 0.258. The average molecular weight is 504 g/mol. The lowest BCUT2D eigenvalue weighted by Crippen LogP contribution is -2.12. The zero-order chi connectivity index (χ0) is 26.4. The summed E-state index contributed by atoms with van der Waals surface area (Å²) in [7, 11) is 2.08. The highest BCUT2D eigenvalue weighted by Gasteiger charge is 2.33. The SMILES string of the molecule is CCCC(=O)c1ccc2c(c1)N(C)CC2.FC(F)(F)c1cc(C#CCC2CC2)ccc1-c1ccccc1. The van der Waals surface area contributed by atoms with Gasteiger partial charge in [0.05, 0.1) is 5.56 Å². The summed E-state index contributed by atoms with van der Waals surface area (Å²) < 4.78 is 40.0. The van der Waals surface area contributed by atoms with Gasteiger partial charge in [-0.2, -0.15) is 13.2 Å². The van der Waals surface area contributed by atoms with Gasteiger partial charge in [-0.25, -0.2) is 0 Å². The number of likely N-dealkylation sites (N-methyl/N-ethyl adjacent to an activating group) is 1. The van der Waals surface area contributed by atoms with E-state index < -0.39 is 11.7 Å². The molecule has 37 heavy (non-hydrogen) atoms. The summed E-state index contributed by atoms with van der Waals surface area (Å²) in [5.74, 6) is 6.76. The second-order valence-electron chi connectivity index (χ2n) is 9.76. The molecule has 0 aromatic heterocycles. The van der Waals surface area contributed by atoms with Crippen LogP contribution in [0, 0.1) is 17.8 Å². The molecule has 2 nitrogen and oxygen atoms in total. The summed E-state index contributed by atoms with van der Waals surface area (Å²) in [5.41, 5.74) is 4.02. The van der Waals surface area contributed by atoms with Gasteiger partial charge in [0.2, 0.25) is 0 Å². The first kappa shape index (κ1) is 26.5. The minimum absolute atomic E-state index is 0.195. The molecule has 5 rings (SSSR count). The van der Waals surface area contributed by atoms with Gasteiger partial charge in [-0.3, -0.25) is 4.79 Å². The van der Waals surface area contributed by atoms with Crippen LogP contribution >= 0.6 is 0 Å². The van der Waals surface area contributed by atoms with E-state index in [0.717, 1.165) is 37.4 Å². The molecule has 1 saturated carbocycles. The van der Waals surface area contributed by atoms with Crippen LogP contribution in [0.25, 0.3) is 11.1 Å². The lowest BCUT2D eigenvalue weighted by molar-refractivity contribution is -0.137. The molecule has 0 saturated heterocycles. The maximum Gasteiger partial charge on any atom is 0.417 e. The molecule has 1 heterocycles. The topological polar surface area (TPSA) is 20.3 Å². The van der Waals surface area contributed by atoms with E-state index >= 15 is 0 Å². The molecule has 0 bridgehead atoms. The number of carbonyl (C=O) groups excluding carboxylic acids is 1. The number of hydrogen-bond acceptors (Lipinski definition) is 2. The Balaban J connectivity index is 0.000000186.